The number of para-hydroxylation sites is 1. The molecule has 0 aromatic heterocycles. The Kier molecular flexibility index (Phi) is 12.9. The van der Waals surface area contributed by atoms with Crippen LogP contribution < -0.4 is 16.0 Å². The van der Waals surface area contributed by atoms with Gasteiger partial charge < -0.3 is 25.3 Å². The van der Waals surface area contributed by atoms with Gasteiger partial charge in [0, 0.05) is 18.7 Å². The standard InChI is InChI=1S/C34H45F3N4O5Si/c1-33(2,3)47(4,5)46-22-13-12-19-26(31(44)41-21-14-20-28(41)30(43)38-25-17-10-7-11-18-25)39-29(42)27(40-32(45)34(35,36)37)23-24-15-8-6-9-16-24/h6-13,15-18,26-28H,14,19-23H2,1-5H3,(H,38,43)(H,39,42)(H,40,45)/b13-12+/t26-,27+,28+/m1/s1. The van der Waals surface area contributed by atoms with Gasteiger partial charge in [-0.05, 0) is 55.1 Å². The third-order valence-electron chi connectivity index (χ3n) is 8.54. The fraction of sp³-hybridized carbons (Fsp3) is 0.471. The lowest BCUT2D eigenvalue weighted by Crippen LogP contribution is -2.57. The maximum Gasteiger partial charge on any atom is 0.471 e. The van der Waals surface area contributed by atoms with Gasteiger partial charge in [-0.2, -0.15) is 13.2 Å². The molecule has 0 saturated carbocycles. The number of carbonyl (C=O) groups is 4. The van der Waals surface area contributed by atoms with Crippen LogP contribution in [0.1, 0.15) is 45.6 Å². The van der Waals surface area contributed by atoms with Gasteiger partial charge in [0.15, 0.2) is 8.32 Å². The molecule has 1 fully saturated rings. The van der Waals surface area contributed by atoms with Crippen molar-refractivity contribution in [1.29, 1.82) is 0 Å². The zero-order valence-electron chi connectivity index (χ0n) is 27.5. The zero-order chi connectivity index (χ0) is 34.8. The van der Waals surface area contributed by atoms with E-state index in [-0.39, 0.29) is 36.9 Å². The van der Waals surface area contributed by atoms with E-state index in [1.54, 1.807) is 78.1 Å². The normalized spacial score (nSPS) is 16.9. The number of nitrogens with zero attached hydrogens (tertiary/aromatic N) is 1. The van der Waals surface area contributed by atoms with Gasteiger partial charge in [0.05, 0.1) is 6.61 Å². The number of nitrogens with one attached hydrogen (secondary N) is 3. The number of alkyl halides is 3. The van der Waals surface area contributed by atoms with Crippen molar-refractivity contribution in [1.82, 2.24) is 15.5 Å². The smallest absolute Gasteiger partial charge is 0.413 e. The molecule has 3 N–H and O–H groups in total. The van der Waals surface area contributed by atoms with Crippen LogP contribution in [0.4, 0.5) is 18.9 Å². The molecular weight excluding hydrogens is 629 g/mol. The molecule has 3 atom stereocenters. The molecular formula is C34H45F3N4O5Si. The molecule has 3 rings (SSSR count). The molecule has 0 unspecified atom stereocenters. The Morgan fingerprint density at radius 1 is 0.936 bits per heavy atom. The van der Waals surface area contributed by atoms with Crippen LogP contribution in [0.5, 0.6) is 0 Å². The van der Waals surface area contributed by atoms with E-state index in [2.05, 4.69) is 44.5 Å². The number of likely N-dealkylation sites (tertiary alicyclic amines) is 1. The van der Waals surface area contributed by atoms with Gasteiger partial charge in [0.25, 0.3) is 0 Å². The van der Waals surface area contributed by atoms with E-state index in [0.717, 1.165) is 0 Å². The molecule has 1 heterocycles. The Bertz CT molecular complexity index is 1400. The topological polar surface area (TPSA) is 117 Å². The van der Waals surface area contributed by atoms with Crippen molar-refractivity contribution in [3.63, 3.8) is 0 Å². The van der Waals surface area contributed by atoms with Crippen LogP contribution in [0.2, 0.25) is 18.1 Å². The largest absolute Gasteiger partial charge is 0.471 e. The van der Waals surface area contributed by atoms with Gasteiger partial charge in [0.1, 0.15) is 18.1 Å². The number of rotatable bonds is 13. The average Bonchev–Trinajstić information content (AvgIpc) is 3.50. The fourth-order valence-corrected chi connectivity index (χ4v) is 5.76. The molecule has 0 aliphatic carbocycles. The first-order valence-electron chi connectivity index (χ1n) is 15.7. The number of carbonyl (C=O) groups excluding carboxylic acids is 4. The number of amides is 4. The predicted octanol–water partition coefficient (Wildman–Crippen LogP) is 5.36. The molecule has 1 aliphatic rings. The summed E-state index contributed by atoms with van der Waals surface area (Å²) in [5.74, 6) is -4.17. The third-order valence-corrected chi connectivity index (χ3v) is 13.0. The van der Waals surface area contributed by atoms with Gasteiger partial charge in [-0.3, -0.25) is 19.2 Å². The van der Waals surface area contributed by atoms with Crippen LogP contribution in [0.15, 0.2) is 72.8 Å². The van der Waals surface area contributed by atoms with E-state index in [0.29, 0.717) is 24.1 Å². The summed E-state index contributed by atoms with van der Waals surface area (Å²) in [6, 6.07) is 13.4. The van der Waals surface area contributed by atoms with E-state index in [9.17, 15) is 32.3 Å². The first kappa shape index (κ1) is 37.5. The van der Waals surface area contributed by atoms with Gasteiger partial charge in [-0.1, -0.05) is 81.5 Å². The highest BCUT2D eigenvalue weighted by Crippen LogP contribution is 2.36. The molecule has 256 valence electrons. The molecule has 4 amide bonds. The molecule has 0 bridgehead atoms. The molecule has 0 radical (unpaired) electrons. The number of halogens is 3. The van der Waals surface area contributed by atoms with E-state index >= 15 is 0 Å². The van der Waals surface area contributed by atoms with Crippen LogP contribution in [-0.2, 0) is 30.0 Å². The average molecular weight is 675 g/mol. The summed E-state index contributed by atoms with van der Waals surface area (Å²) in [4.78, 5) is 54.0. The molecule has 1 saturated heterocycles. The highest BCUT2D eigenvalue weighted by atomic mass is 28.4. The first-order chi connectivity index (χ1) is 22.0. The summed E-state index contributed by atoms with van der Waals surface area (Å²) < 4.78 is 45.8. The van der Waals surface area contributed by atoms with Crippen LogP contribution >= 0.6 is 0 Å². The minimum Gasteiger partial charge on any atom is -0.413 e. The summed E-state index contributed by atoms with van der Waals surface area (Å²) in [5.41, 5.74) is 1.08. The van der Waals surface area contributed by atoms with Crippen LogP contribution in [-0.4, -0.2) is 74.3 Å². The van der Waals surface area contributed by atoms with Gasteiger partial charge in [-0.15, -0.1) is 0 Å². The SMILES string of the molecule is CC(C)(C)[Si](C)(C)OC/C=C/C[C@@H](NC(=O)[C@H](Cc1ccccc1)NC(=O)C(F)(F)F)C(=O)N1CCC[C@H]1C(=O)Nc1ccccc1. The highest BCUT2D eigenvalue weighted by Gasteiger charge is 2.42. The van der Waals surface area contributed by atoms with Crippen LogP contribution in [0.25, 0.3) is 0 Å². The number of benzene rings is 2. The van der Waals surface area contributed by atoms with Crippen molar-refractivity contribution in [2.24, 2.45) is 0 Å². The monoisotopic (exact) mass is 674 g/mol. The Morgan fingerprint density at radius 3 is 2.15 bits per heavy atom. The molecule has 1 aliphatic heterocycles. The molecule has 2 aromatic carbocycles. The third kappa shape index (κ3) is 11.1. The second-order valence-corrected chi connectivity index (χ2v) is 17.9. The molecule has 0 spiro atoms. The van der Waals surface area contributed by atoms with Crippen molar-refractivity contribution in [3.05, 3.63) is 78.4 Å². The zero-order valence-corrected chi connectivity index (χ0v) is 28.5. The minimum absolute atomic E-state index is 0.0137. The first-order valence-corrected chi connectivity index (χ1v) is 18.6. The highest BCUT2D eigenvalue weighted by molar-refractivity contribution is 6.74. The minimum atomic E-state index is -5.22. The Hall–Kier alpha value is -3.97. The summed E-state index contributed by atoms with van der Waals surface area (Å²) in [7, 11) is -2.06. The maximum atomic E-state index is 14.0. The van der Waals surface area contributed by atoms with Gasteiger partial charge in [-0.25, -0.2) is 0 Å². The maximum absolute atomic E-state index is 14.0. The molecule has 2 aromatic rings. The quantitative estimate of drug-likeness (QED) is 0.196. The van der Waals surface area contributed by atoms with E-state index in [1.807, 2.05) is 0 Å². The lowest BCUT2D eigenvalue weighted by atomic mass is 10.0. The lowest BCUT2D eigenvalue weighted by molar-refractivity contribution is -0.174. The summed E-state index contributed by atoms with van der Waals surface area (Å²) in [5, 5.41) is 7.16. The summed E-state index contributed by atoms with van der Waals surface area (Å²) >= 11 is 0. The van der Waals surface area contributed by atoms with Crippen molar-refractivity contribution < 1.29 is 36.8 Å². The van der Waals surface area contributed by atoms with Crippen LogP contribution in [0, 0.1) is 0 Å². The van der Waals surface area contributed by atoms with E-state index in [4.69, 9.17) is 4.43 Å². The number of hydrogen-bond acceptors (Lipinski definition) is 5. The van der Waals surface area contributed by atoms with Crippen molar-refractivity contribution >= 4 is 37.6 Å². The van der Waals surface area contributed by atoms with E-state index in [1.165, 1.54) is 4.90 Å². The fourth-order valence-electron chi connectivity index (χ4n) is 4.82. The Balaban J connectivity index is 1.83. The second kappa shape index (κ2) is 16.2. The van der Waals surface area contributed by atoms with Gasteiger partial charge >= 0.3 is 12.1 Å². The predicted molar refractivity (Wildman–Crippen MR) is 177 cm³/mol. The summed E-state index contributed by atoms with van der Waals surface area (Å²) in [6.45, 7) is 11.1. The number of hydrogen-bond donors (Lipinski definition) is 3. The number of anilines is 1. The Morgan fingerprint density at radius 2 is 1.55 bits per heavy atom. The van der Waals surface area contributed by atoms with Crippen LogP contribution in [0.3, 0.4) is 0 Å². The van der Waals surface area contributed by atoms with Crippen molar-refractivity contribution in [3.8, 4) is 0 Å². The summed E-state index contributed by atoms with van der Waals surface area (Å²) in [6.07, 6.45) is -1.11. The molecule has 13 heteroatoms. The van der Waals surface area contributed by atoms with Crippen molar-refractivity contribution in [2.45, 2.75) is 88.9 Å². The Labute approximate surface area is 275 Å². The molecule has 47 heavy (non-hydrogen) atoms. The lowest BCUT2D eigenvalue weighted by Gasteiger charge is -2.35. The van der Waals surface area contributed by atoms with E-state index < -0.39 is 50.3 Å². The van der Waals surface area contributed by atoms with Crippen molar-refractivity contribution in [2.75, 3.05) is 18.5 Å². The van der Waals surface area contributed by atoms with Gasteiger partial charge in [0.2, 0.25) is 17.7 Å². The second-order valence-electron chi connectivity index (χ2n) is 13.1. The molecule has 9 nitrogen and oxygen atoms in total.